The molecule has 0 saturated carbocycles. The van der Waals surface area contributed by atoms with Gasteiger partial charge in [0.05, 0.1) is 5.69 Å². The molecule has 2 aromatic heterocycles. The molecule has 0 spiro atoms. The standard InChI is InChI=1S/C14H19N3OS/c1-4-14(6-5-12(18)16-14)7-11-10(3)15-13-17(11)9(2)8-19-13/h8H,4-7H2,1-3H3,(H,16,18). The van der Waals surface area contributed by atoms with Crippen molar-refractivity contribution >= 4 is 22.2 Å². The summed E-state index contributed by atoms with van der Waals surface area (Å²) >= 11 is 1.68. The third-order valence-corrected chi connectivity index (χ3v) is 5.19. The molecule has 1 aliphatic heterocycles. The Bertz CT molecular complexity index is 642. The van der Waals surface area contributed by atoms with Crippen LogP contribution in [0.1, 0.15) is 43.3 Å². The molecule has 0 radical (unpaired) electrons. The smallest absolute Gasteiger partial charge is 0.220 e. The van der Waals surface area contributed by atoms with Crippen LogP contribution in [0.2, 0.25) is 0 Å². The van der Waals surface area contributed by atoms with Crippen molar-refractivity contribution < 1.29 is 4.79 Å². The third-order valence-electron chi connectivity index (χ3n) is 4.25. The summed E-state index contributed by atoms with van der Waals surface area (Å²) in [4.78, 5) is 17.3. The monoisotopic (exact) mass is 277 g/mol. The highest BCUT2D eigenvalue weighted by Gasteiger charge is 2.37. The van der Waals surface area contributed by atoms with Crippen LogP contribution in [0, 0.1) is 13.8 Å². The fraction of sp³-hybridized carbons (Fsp3) is 0.571. The zero-order chi connectivity index (χ0) is 13.6. The molecule has 3 heterocycles. The fourth-order valence-electron chi connectivity index (χ4n) is 2.99. The molecule has 1 unspecified atom stereocenters. The number of nitrogens with zero attached hydrogens (tertiary/aromatic N) is 2. The quantitative estimate of drug-likeness (QED) is 0.937. The van der Waals surface area contributed by atoms with Crippen molar-refractivity contribution in [1.29, 1.82) is 0 Å². The molecule has 5 heteroatoms. The SMILES string of the molecule is CCC1(Cc2c(C)nc3scc(C)n23)CCC(=O)N1. The largest absolute Gasteiger partial charge is 0.350 e. The summed E-state index contributed by atoms with van der Waals surface area (Å²) in [5, 5.41) is 5.32. The van der Waals surface area contributed by atoms with E-state index in [4.69, 9.17) is 0 Å². The van der Waals surface area contributed by atoms with Crippen LogP contribution >= 0.6 is 11.3 Å². The topological polar surface area (TPSA) is 46.4 Å². The van der Waals surface area contributed by atoms with E-state index in [1.165, 1.54) is 11.4 Å². The predicted molar refractivity (Wildman–Crippen MR) is 76.6 cm³/mol. The fourth-order valence-corrected chi connectivity index (χ4v) is 3.92. The minimum absolute atomic E-state index is 0.0772. The van der Waals surface area contributed by atoms with Gasteiger partial charge in [0.2, 0.25) is 5.91 Å². The van der Waals surface area contributed by atoms with Crippen LogP contribution in [0.15, 0.2) is 5.38 Å². The van der Waals surface area contributed by atoms with Gasteiger partial charge in [-0.25, -0.2) is 4.98 Å². The van der Waals surface area contributed by atoms with Gasteiger partial charge < -0.3 is 5.32 Å². The van der Waals surface area contributed by atoms with E-state index in [0.717, 1.165) is 29.9 Å². The third kappa shape index (κ3) is 1.96. The van der Waals surface area contributed by atoms with E-state index in [2.05, 4.69) is 40.9 Å². The summed E-state index contributed by atoms with van der Waals surface area (Å²) in [6, 6.07) is 0. The van der Waals surface area contributed by atoms with Gasteiger partial charge in [-0.1, -0.05) is 6.92 Å². The summed E-state index contributed by atoms with van der Waals surface area (Å²) in [6.45, 7) is 6.33. The van der Waals surface area contributed by atoms with E-state index in [0.29, 0.717) is 6.42 Å². The molecular formula is C14H19N3OS. The van der Waals surface area contributed by atoms with E-state index in [1.54, 1.807) is 11.3 Å². The number of fused-ring (bicyclic) bond motifs is 1. The maximum absolute atomic E-state index is 11.6. The van der Waals surface area contributed by atoms with Gasteiger partial charge in [-0.3, -0.25) is 9.20 Å². The average molecular weight is 277 g/mol. The first-order valence-corrected chi connectivity index (χ1v) is 7.66. The molecule has 2 aromatic rings. The molecule has 1 atom stereocenters. The molecule has 4 nitrogen and oxygen atoms in total. The van der Waals surface area contributed by atoms with Crippen LogP contribution in [0.5, 0.6) is 0 Å². The number of aromatic nitrogens is 2. The molecule has 0 aliphatic carbocycles. The van der Waals surface area contributed by atoms with Crippen LogP contribution in [0.4, 0.5) is 0 Å². The zero-order valence-electron chi connectivity index (χ0n) is 11.6. The first kappa shape index (κ1) is 12.7. The molecule has 19 heavy (non-hydrogen) atoms. The number of nitrogens with one attached hydrogen (secondary N) is 1. The second kappa shape index (κ2) is 4.34. The molecule has 102 valence electrons. The molecule has 1 saturated heterocycles. The molecule has 0 bridgehead atoms. The number of carbonyl (C=O) groups is 1. The van der Waals surface area contributed by atoms with Gasteiger partial charge in [-0.2, -0.15) is 0 Å². The lowest BCUT2D eigenvalue weighted by Crippen LogP contribution is -2.43. The molecule has 1 N–H and O–H groups in total. The van der Waals surface area contributed by atoms with Gasteiger partial charge >= 0.3 is 0 Å². The number of imidazole rings is 1. The molecule has 1 aliphatic rings. The molecule has 0 aromatic carbocycles. The number of hydrogen-bond acceptors (Lipinski definition) is 3. The molecule has 1 amide bonds. The maximum atomic E-state index is 11.6. The summed E-state index contributed by atoms with van der Waals surface area (Å²) in [5.74, 6) is 0.183. The lowest BCUT2D eigenvalue weighted by atomic mass is 9.88. The predicted octanol–water partition coefficient (Wildman–Crippen LogP) is 2.61. The Kier molecular flexibility index (Phi) is 2.89. The first-order chi connectivity index (χ1) is 9.04. The lowest BCUT2D eigenvalue weighted by Gasteiger charge is -2.27. The van der Waals surface area contributed by atoms with Crippen molar-refractivity contribution in [3.05, 3.63) is 22.5 Å². The Morgan fingerprint density at radius 3 is 2.95 bits per heavy atom. The average Bonchev–Trinajstić information content (AvgIpc) is 3.00. The minimum Gasteiger partial charge on any atom is -0.350 e. The van der Waals surface area contributed by atoms with Gasteiger partial charge in [0.25, 0.3) is 0 Å². The minimum atomic E-state index is -0.0772. The number of amides is 1. The zero-order valence-corrected chi connectivity index (χ0v) is 12.4. The maximum Gasteiger partial charge on any atom is 0.220 e. The Hall–Kier alpha value is -1.36. The first-order valence-electron chi connectivity index (χ1n) is 6.78. The lowest BCUT2D eigenvalue weighted by molar-refractivity contribution is -0.119. The van der Waals surface area contributed by atoms with Gasteiger partial charge in [-0.15, -0.1) is 11.3 Å². The van der Waals surface area contributed by atoms with E-state index in [-0.39, 0.29) is 11.4 Å². The number of aryl methyl sites for hydroxylation is 2. The van der Waals surface area contributed by atoms with Crippen molar-refractivity contribution in [2.75, 3.05) is 0 Å². The number of thiazole rings is 1. The van der Waals surface area contributed by atoms with Crippen LogP contribution in [0.25, 0.3) is 4.96 Å². The summed E-state index contributed by atoms with van der Waals surface area (Å²) in [5.41, 5.74) is 3.49. The molecule has 3 rings (SSSR count). The van der Waals surface area contributed by atoms with E-state index >= 15 is 0 Å². The van der Waals surface area contributed by atoms with Crippen molar-refractivity contribution in [3.63, 3.8) is 0 Å². The van der Waals surface area contributed by atoms with Gasteiger partial charge in [0.15, 0.2) is 4.96 Å². The van der Waals surface area contributed by atoms with Crippen molar-refractivity contribution in [1.82, 2.24) is 14.7 Å². The Morgan fingerprint density at radius 1 is 1.53 bits per heavy atom. The molecule has 1 fully saturated rings. The number of carbonyl (C=O) groups excluding carboxylic acids is 1. The van der Waals surface area contributed by atoms with Crippen LogP contribution in [-0.2, 0) is 11.2 Å². The second-order valence-corrected chi connectivity index (χ2v) is 6.33. The van der Waals surface area contributed by atoms with Gasteiger partial charge in [0, 0.05) is 35.1 Å². The Balaban J connectivity index is 2.02. The number of rotatable bonds is 3. The van der Waals surface area contributed by atoms with Crippen LogP contribution in [-0.4, -0.2) is 20.8 Å². The number of hydrogen-bond donors (Lipinski definition) is 1. The normalized spacial score (nSPS) is 23.2. The van der Waals surface area contributed by atoms with Gasteiger partial charge in [0.1, 0.15) is 0 Å². The highest BCUT2D eigenvalue weighted by molar-refractivity contribution is 7.15. The Labute approximate surface area is 116 Å². The second-order valence-electron chi connectivity index (χ2n) is 5.50. The van der Waals surface area contributed by atoms with Crippen LogP contribution in [0.3, 0.4) is 0 Å². The van der Waals surface area contributed by atoms with Crippen molar-refractivity contribution in [2.45, 2.75) is 52.0 Å². The van der Waals surface area contributed by atoms with E-state index in [1.807, 2.05) is 0 Å². The summed E-state index contributed by atoms with van der Waals surface area (Å²) in [6.07, 6.45) is 3.42. The van der Waals surface area contributed by atoms with Gasteiger partial charge in [-0.05, 0) is 26.7 Å². The van der Waals surface area contributed by atoms with E-state index < -0.39 is 0 Å². The van der Waals surface area contributed by atoms with Crippen LogP contribution < -0.4 is 5.32 Å². The summed E-state index contributed by atoms with van der Waals surface area (Å²) < 4.78 is 2.24. The highest BCUT2D eigenvalue weighted by Crippen LogP contribution is 2.30. The van der Waals surface area contributed by atoms with Crippen molar-refractivity contribution in [2.24, 2.45) is 0 Å². The highest BCUT2D eigenvalue weighted by atomic mass is 32.1. The Morgan fingerprint density at radius 2 is 2.32 bits per heavy atom. The summed E-state index contributed by atoms with van der Waals surface area (Å²) in [7, 11) is 0. The molecular weight excluding hydrogens is 258 g/mol. The van der Waals surface area contributed by atoms with Crippen molar-refractivity contribution in [3.8, 4) is 0 Å². The van der Waals surface area contributed by atoms with E-state index in [9.17, 15) is 4.79 Å².